The summed E-state index contributed by atoms with van der Waals surface area (Å²) in [5, 5.41) is 1.40. The SMILES string of the molecule is CC(=O)c1cccc2c(Cl)cn(-c3ccccc3)c(=O)c12. The summed E-state index contributed by atoms with van der Waals surface area (Å²) in [5.74, 6) is -0.153. The van der Waals surface area contributed by atoms with Crippen molar-refractivity contribution in [3.8, 4) is 5.69 Å². The molecule has 0 aliphatic heterocycles. The zero-order valence-corrected chi connectivity index (χ0v) is 12.1. The maximum Gasteiger partial charge on any atom is 0.263 e. The fourth-order valence-corrected chi connectivity index (χ4v) is 2.67. The summed E-state index contributed by atoms with van der Waals surface area (Å²) in [6.45, 7) is 1.45. The molecule has 0 aliphatic rings. The molecule has 0 saturated carbocycles. The van der Waals surface area contributed by atoms with Crippen LogP contribution in [0.2, 0.25) is 5.02 Å². The normalized spacial score (nSPS) is 10.8. The predicted molar refractivity (Wildman–Crippen MR) is 84.6 cm³/mol. The molecule has 3 rings (SSSR count). The second kappa shape index (κ2) is 5.19. The molecule has 0 saturated heterocycles. The van der Waals surface area contributed by atoms with Crippen LogP contribution in [0.3, 0.4) is 0 Å². The second-order valence-electron chi connectivity index (χ2n) is 4.77. The van der Waals surface area contributed by atoms with Crippen molar-refractivity contribution in [1.29, 1.82) is 0 Å². The molecule has 0 aliphatic carbocycles. The fourth-order valence-electron chi connectivity index (χ4n) is 2.42. The first-order valence-electron chi connectivity index (χ1n) is 6.50. The number of benzene rings is 2. The number of carbonyl (C=O) groups excluding carboxylic acids is 1. The number of hydrogen-bond acceptors (Lipinski definition) is 2. The number of rotatable bonds is 2. The van der Waals surface area contributed by atoms with Crippen LogP contribution in [0, 0.1) is 0 Å². The molecule has 0 atom stereocenters. The quantitative estimate of drug-likeness (QED) is 0.674. The minimum absolute atomic E-state index is 0.153. The zero-order valence-electron chi connectivity index (χ0n) is 11.3. The lowest BCUT2D eigenvalue weighted by Gasteiger charge is -2.11. The predicted octanol–water partition coefficient (Wildman–Crippen LogP) is 3.85. The summed E-state index contributed by atoms with van der Waals surface area (Å²) in [7, 11) is 0. The summed E-state index contributed by atoms with van der Waals surface area (Å²) < 4.78 is 1.47. The van der Waals surface area contributed by atoms with Gasteiger partial charge in [0.05, 0.1) is 10.4 Å². The molecule has 104 valence electrons. The molecule has 0 amide bonds. The van der Waals surface area contributed by atoms with Gasteiger partial charge in [-0.25, -0.2) is 0 Å². The molecule has 2 aromatic carbocycles. The molecule has 3 aromatic rings. The lowest BCUT2D eigenvalue weighted by molar-refractivity contribution is 0.101. The fraction of sp³-hybridized carbons (Fsp3) is 0.0588. The van der Waals surface area contributed by atoms with Crippen LogP contribution in [0.5, 0.6) is 0 Å². The molecule has 1 heterocycles. The minimum Gasteiger partial charge on any atom is -0.294 e. The van der Waals surface area contributed by atoms with E-state index in [4.69, 9.17) is 11.6 Å². The molecular weight excluding hydrogens is 286 g/mol. The highest BCUT2D eigenvalue weighted by molar-refractivity contribution is 6.35. The maximum absolute atomic E-state index is 12.8. The van der Waals surface area contributed by atoms with Crippen LogP contribution in [-0.4, -0.2) is 10.4 Å². The molecule has 0 unspecified atom stereocenters. The van der Waals surface area contributed by atoms with E-state index in [2.05, 4.69) is 0 Å². The van der Waals surface area contributed by atoms with E-state index in [0.717, 1.165) is 0 Å². The van der Waals surface area contributed by atoms with E-state index in [1.807, 2.05) is 30.3 Å². The van der Waals surface area contributed by atoms with Crippen molar-refractivity contribution < 1.29 is 4.79 Å². The molecule has 0 N–H and O–H groups in total. The summed E-state index contributed by atoms with van der Waals surface area (Å²) >= 11 is 6.29. The first-order valence-corrected chi connectivity index (χ1v) is 6.87. The van der Waals surface area contributed by atoms with Crippen molar-refractivity contribution >= 4 is 28.2 Å². The van der Waals surface area contributed by atoms with Gasteiger partial charge in [0.1, 0.15) is 0 Å². The highest BCUT2D eigenvalue weighted by Gasteiger charge is 2.14. The lowest BCUT2D eigenvalue weighted by Crippen LogP contribution is -2.20. The monoisotopic (exact) mass is 297 g/mol. The summed E-state index contributed by atoms with van der Waals surface area (Å²) in [6, 6.07) is 14.3. The average molecular weight is 298 g/mol. The van der Waals surface area contributed by atoms with Gasteiger partial charge in [0.15, 0.2) is 5.78 Å². The van der Waals surface area contributed by atoms with Gasteiger partial charge in [-0.3, -0.25) is 14.2 Å². The van der Waals surface area contributed by atoms with Crippen LogP contribution >= 0.6 is 11.6 Å². The Balaban J connectivity index is 2.46. The maximum atomic E-state index is 12.8. The highest BCUT2D eigenvalue weighted by Crippen LogP contribution is 2.24. The van der Waals surface area contributed by atoms with E-state index in [1.54, 1.807) is 24.4 Å². The van der Waals surface area contributed by atoms with Crippen molar-refractivity contribution in [2.24, 2.45) is 0 Å². The van der Waals surface area contributed by atoms with Gasteiger partial charge < -0.3 is 0 Å². The number of Topliss-reactive ketones (excluding diaryl/α,β-unsaturated/α-hetero) is 1. The minimum atomic E-state index is -0.244. The van der Waals surface area contributed by atoms with Gasteiger partial charge in [-0.1, -0.05) is 48.0 Å². The molecule has 0 radical (unpaired) electrons. The molecule has 0 spiro atoms. The van der Waals surface area contributed by atoms with Crippen molar-refractivity contribution in [2.75, 3.05) is 0 Å². The number of halogens is 1. The number of carbonyl (C=O) groups is 1. The Bertz CT molecular complexity index is 898. The van der Waals surface area contributed by atoms with Gasteiger partial charge in [-0.15, -0.1) is 0 Å². The largest absolute Gasteiger partial charge is 0.294 e. The molecule has 4 heteroatoms. The Labute approximate surface area is 126 Å². The van der Waals surface area contributed by atoms with Gasteiger partial charge in [-0.2, -0.15) is 0 Å². The number of nitrogens with zero attached hydrogens (tertiary/aromatic N) is 1. The van der Waals surface area contributed by atoms with Crippen LogP contribution in [0.25, 0.3) is 16.5 Å². The smallest absolute Gasteiger partial charge is 0.263 e. The summed E-state index contributed by atoms with van der Waals surface area (Å²) in [6.07, 6.45) is 1.59. The summed E-state index contributed by atoms with van der Waals surface area (Å²) in [4.78, 5) is 24.5. The van der Waals surface area contributed by atoms with Gasteiger partial charge in [0.25, 0.3) is 5.56 Å². The Morgan fingerprint density at radius 3 is 2.43 bits per heavy atom. The molecule has 0 bridgehead atoms. The van der Waals surface area contributed by atoms with Crippen LogP contribution < -0.4 is 5.56 Å². The third-order valence-electron chi connectivity index (χ3n) is 3.41. The number of fused-ring (bicyclic) bond motifs is 1. The molecule has 1 aromatic heterocycles. The van der Waals surface area contributed by atoms with Crippen LogP contribution in [0.1, 0.15) is 17.3 Å². The third kappa shape index (κ3) is 2.26. The Morgan fingerprint density at radius 2 is 1.76 bits per heavy atom. The zero-order chi connectivity index (χ0) is 15.0. The number of para-hydroxylation sites is 1. The first-order chi connectivity index (χ1) is 10.1. The standard InChI is InChI=1S/C17H12ClNO2/c1-11(20)13-8-5-9-14-15(18)10-19(17(21)16(13)14)12-6-3-2-4-7-12/h2-10H,1H3. The molecule has 0 fully saturated rings. The van der Waals surface area contributed by atoms with Gasteiger partial charge in [0.2, 0.25) is 0 Å². The van der Waals surface area contributed by atoms with Crippen LogP contribution in [0.4, 0.5) is 0 Å². The van der Waals surface area contributed by atoms with Crippen LogP contribution in [-0.2, 0) is 0 Å². The van der Waals surface area contributed by atoms with E-state index in [1.165, 1.54) is 11.5 Å². The molecular formula is C17H12ClNO2. The summed E-state index contributed by atoms with van der Waals surface area (Å²) in [5.41, 5.74) is 0.862. The van der Waals surface area contributed by atoms with Crippen molar-refractivity contribution in [2.45, 2.75) is 6.92 Å². The van der Waals surface area contributed by atoms with E-state index < -0.39 is 0 Å². The van der Waals surface area contributed by atoms with E-state index >= 15 is 0 Å². The van der Waals surface area contributed by atoms with Gasteiger partial charge in [0, 0.05) is 22.8 Å². The topological polar surface area (TPSA) is 39.1 Å². The van der Waals surface area contributed by atoms with Crippen molar-refractivity contribution in [3.05, 3.63) is 75.7 Å². The number of ketones is 1. The Kier molecular flexibility index (Phi) is 3.35. The van der Waals surface area contributed by atoms with Gasteiger partial charge in [-0.05, 0) is 19.1 Å². The van der Waals surface area contributed by atoms with Crippen LogP contribution in [0.15, 0.2) is 59.5 Å². The number of hydrogen-bond donors (Lipinski definition) is 0. The molecule has 3 nitrogen and oxygen atoms in total. The Morgan fingerprint density at radius 1 is 1.05 bits per heavy atom. The first kappa shape index (κ1) is 13.6. The highest BCUT2D eigenvalue weighted by atomic mass is 35.5. The van der Waals surface area contributed by atoms with E-state index in [-0.39, 0.29) is 11.3 Å². The number of pyridine rings is 1. The van der Waals surface area contributed by atoms with E-state index in [0.29, 0.717) is 27.0 Å². The van der Waals surface area contributed by atoms with Crippen molar-refractivity contribution in [1.82, 2.24) is 4.57 Å². The third-order valence-corrected chi connectivity index (χ3v) is 3.71. The second-order valence-corrected chi connectivity index (χ2v) is 5.18. The molecule has 21 heavy (non-hydrogen) atoms. The van der Waals surface area contributed by atoms with Crippen molar-refractivity contribution in [3.63, 3.8) is 0 Å². The van der Waals surface area contributed by atoms with Gasteiger partial charge >= 0.3 is 0 Å². The Hall–Kier alpha value is -2.39. The number of aromatic nitrogens is 1. The lowest BCUT2D eigenvalue weighted by atomic mass is 10.0. The van der Waals surface area contributed by atoms with E-state index in [9.17, 15) is 9.59 Å². The average Bonchev–Trinajstić information content (AvgIpc) is 2.51.